The van der Waals surface area contributed by atoms with Gasteiger partial charge >= 0.3 is 5.97 Å². The van der Waals surface area contributed by atoms with Crippen molar-refractivity contribution < 1.29 is 14.3 Å². The Morgan fingerprint density at radius 1 is 1.32 bits per heavy atom. The monoisotopic (exact) mass is 304 g/mol. The number of carbonyl (C=O) groups is 1. The van der Waals surface area contributed by atoms with Gasteiger partial charge in [0, 0.05) is 18.7 Å². The van der Waals surface area contributed by atoms with Gasteiger partial charge in [-0.2, -0.15) is 5.10 Å². The molecule has 0 saturated heterocycles. The molecule has 2 N–H and O–H groups in total. The molecule has 0 spiro atoms. The second-order valence-corrected chi connectivity index (χ2v) is 4.59. The smallest absolute Gasteiger partial charge is 0.313 e. The molecule has 0 bridgehead atoms. The molecule has 0 atom stereocenters. The predicted molar refractivity (Wildman–Crippen MR) is 81.9 cm³/mol. The Morgan fingerprint density at radius 3 is 2.77 bits per heavy atom. The third-order valence-corrected chi connectivity index (χ3v) is 2.96. The number of methoxy groups -OCH3 is 1. The maximum atomic E-state index is 11.3. The summed E-state index contributed by atoms with van der Waals surface area (Å²) in [4.78, 5) is 15.6. The van der Waals surface area contributed by atoms with Crippen LogP contribution in [0.15, 0.2) is 24.3 Å². The Hall–Kier alpha value is -2.57. The normalized spacial score (nSPS) is 10.3. The molecule has 2 aromatic rings. The molecule has 1 aromatic carbocycles. The summed E-state index contributed by atoms with van der Waals surface area (Å²) in [6.45, 7) is 2.84. The largest absolute Gasteiger partial charge is 0.497 e. The molecule has 1 aromatic heterocycles. The lowest BCUT2D eigenvalue weighted by Gasteiger charge is -2.05. The van der Waals surface area contributed by atoms with Gasteiger partial charge in [-0.3, -0.25) is 9.89 Å². The van der Waals surface area contributed by atoms with Crippen molar-refractivity contribution in [2.45, 2.75) is 19.8 Å². The predicted octanol–water partition coefficient (Wildman–Crippen LogP) is 1.57. The average Bonchev–Trinajstić information content (AvgIpc) is 2.95. The first-order chi connectivity index (χ1) is 10.7. The van der Waals surface area contributed by atoms with E-state index in [0.717, 1.165) is 11.4 Å². The van der Waals surface area contributed by atoms with E-state index in [1.54, 1.807) is 14.0 Å². The SMILES string of the molecule is CCOC(=O)Cc1nc(CCNc2ccc(OC)cc2)n[nH]1. The summed E-state index contributed by atoms with van der Waals surface area (Å²) in [5.74, 6) is 1.71. The number of benzene rings is 1. The van der Waals surface area contributed by atoms with E-state index < -0.39 is 0 Å². The van der Waals surface area contributed by atoms with E-state index in [9.17, 15) is 4.79 Å². The van der Waals surface area contributed by atoms with E-state index in [4.69, 9.17) is 9.47 Å². The maximum absolute atomic E-state index is 11.3. The van der Waals surface area contributed by atoms with Crippen molar-refractivity contribution in [3.63, 3.8) is 0 Å². The van der Waals surface area contributed by atoms with E-state index in [1.807, 2.05) is 24.3 Å². The minimum absolute atomic E-state index is 0.118. The van der Waals surface area contributed by atoms with Crippen molar-refractivity contribution >= 4 is 11.7 Å². The van der Waals surface area contributed by atoms with Gasteiger partial charge in [-0.1, -0.05) is 0 Å². The topological polar surface area (TPSA) is 89.1 Å². The number of hydrogen-bond acceptors (Lipinski definition) is 6. The van der Waals surface area contributed by atoms with E-state index >= 15 is 0 Å². The Kier molecular flexibility index (Phi) is 5.76. The fraction of sp³-hybridized carbons (Fsp3) is 0.400. The summed E-state index contributed by atoms with van der Waals surface area (Å²) < 4.78 is 9.97. The van der Waals surface area contributed by atoms with Gasteiger partial charge in [0.05, 0.1) is 13.7 Å². The van der Waals surface area contributed by atoms with Crippen LogP contribution in [-0.2, 0) is 22.4 Å². The van der Waals surface area contributed by atoms with Gasteiger partial charge in [0.25, 0.3) is 0 Å². The maximum Gasteiger partial charge on any atom is 0.313 e. The number of aromatic nitrogens is 3. The standard InChI is InChI=1S/C15H20N4O3/c1-3-22-15(20)10-14-17-13(18-19-14)8-9-16-11-4-6-12(21-2)7-5-11/h4-7,16H,3,8-10H2,1-2H3,(H,17,18,19). The van der Waals surface area contributed by atoms with Gasteiger partial charge in [-0.25, -0.2) is 4.98 Å². The molecule has 118 valence electrons. The van der Waals surface area contributed by atoms with Crippen LogP contribution in [-0.4, -0.2) is 41.4 Å². The van der Waals surface area contributed by atoms with E-state index in [1.165, 1.54) is 0 Å². The van der Waals surface area contributed by atoms with Crippen LogP contribution >= 0.6 is 0 Å². The molecule has 0 aliphatic rings. The molecule has 0 fully saturated rings. The molecule has 1 heterocycles. The zero-order valence-corrected chi connectivity index (χ0v) is 12.8. The third kappa shape index (κ3) is 4.76. The van der Waals surface area contributed by atoms with E-state index in [-0.39, 0.29) is 12.4 Å². The molecule has 0 saturated carbocycles. The number of anilines is 1. The number of hydrogen-bond donors (Lipinski definition) is 2. The number of carbonyl (C=O) groups excluding carboxylic acids is 1. The van der Waals surface area contributed by atoms with Gasteiger partial charge in [0.1, 0.15) is 18.0 Å². The zero-order chi connectivity index (χ0) is 15.8. The molecule has 0 aliphatic heterocycles. The number of ether oxygens (including phenoxy) is 2. The first-order valence-electron chi connectivity index (χ1n) is 7.15. The minimum atomic E-state index is -0.304. The highest BCUT2D eigenvalue weighted by atomic mass is 16.5. The highest BCUT2D eigenvalue weighted by Crippen LogP contribution is 2.14. The molecule has 0 unspecified atom stereocenters. The van der Waals surface area contributed by atoms with Crippen LogP contribution in [0.4, 0.5) is 5.69 Å². The molecular formula is C15H20N4O3. The summed E-state index contributed by atoms with van der Waals surface area (Å²) in [5.41, 5.74) is 1.00. The highest BCUT2D eigenvalue weighted by Gasteiger charge is 2.09. The van der Waals surface area contributed by atoms with Crippen molar-refractivity contribution in [3.05, 3.63) is 35.9 Å². The van der Waals surface area contributed by atoms with Crippen LogP contribution in [0.5, 0.6) is 5.75 Å². The lowest BCUT2D eigenvalue weighted by molar-refractivity contribution is -0.142. The van der Waals surface area contributed by atoms with Gasteiger partial charge < -0.3 is 14.8 Å². The Morgan fingerprint density at radius 2 is 2.09 bits per heavy atom. The van der Waals surface area contributed by atoms with Crippen LogP contribution in [0.3, 0.4) is 0 Å². The number of rotatable bonds is 8. The summed E-state index contributed by atoms with van der Waals surface area (Å²) in [6, 6.07) is 7.69. The molecule has 7 nitrogen and oxygen atoms in total. The van der Waals surface area contributed by atoms with Crippen LogP contribution in [0.1, 0.15) is 18.6 Å². The minimum Gasteiger partial charge on any atom is -0.497 e. The molecule has 0 amide bonds. The zero-order valence-electron chi connectivity index (χ0n) is 12.8. The molecule has 7 heteroatoms. The van der Waals surface area contributed by atoms with Crippen LogP contribution in [0.2, 0.25) is 0 Å². The first kappa shape index (κ1) is 15.8. The Balaban J connectivity index is 1.77. The van der Waals surface area contributed by atoms with Crippen molar-refractivity contribution in [1.82, 2.24) is 15.2 Å². The first-order valence-corrected chi connectivity index (χ1v) is 7.15. The fourth-order valence-corrected chi connectivity index (χ4v) is 1.90. The molecule has 2 rings (SSSR count). The van der Waals surface area contributed by atoms with Crippen molar-refractivity contribution in [2.24, 2.45) is 0 Å². The number of esters is 1. The quantitative estimate of drug-likeness (QED) is 0.720. The van der Waals surface area contributed by atoms with E-state index in [0.29, 0.717) is 31.2 Å². The van der Waals surface area contributed by atoms with Crippen molar-refractivity contribution in [2.75, 3.05) is 25.6 Å². The summed E-state index contributed by atoms with van der Waals surface area (Å²) >= 11 is 0. The van der Waals surface area contributed by atoms with Crippen LogP contribution < -0.4 is 10.1 Å². The van der Waals surface area contributed by atoms with E-state index in [2.05, 4.69) is 20.5 Å². The van der Waals surface area contributed by atoms with Gasteiger partial charge in [-0.05, 0) is 31.2 Å². The Labute approximate surface area is 129 Å². The Bertz CT molecular complexity index is 595. The van der Waals surface area contributed by atoms with Crippen LogP contribution in [0, 0.1) is 0 Å². The number of nitrogens with zero attached hydrogens (tertiary/aromatic N) is 2. The molecule has 0 aliphatic carbocycles. The summed E-state index contributed by atoms with van der Waals surface area (Å²) in [6.07, 6.45) is 0.776. The van der Waals surface area contributed by atoms with Crippen molar-refractivity contribution in [1.29, 1.82) is 0 Å². The second-order valence-electron chi connectivity index (χ2n) is 4.59. The third-order valence-electron chi connectivity index (χ3n) is 2.96. The lowest BCUT2D eigenvalue weighted by Crippen LogP contribution is -2.09. The number of nitrogens with one attached hydrogen (secondary N) is 2. The molecule has 0 radical (unpaired) electrons. The van der Waals surface area contributed by atoms with Crippen molar-refractivity contribution in [3.8, 4) is 5.75 Å². The van der Waals surface area contributed by atoms with Gasteiger partial charge in [-0.15, -0.1) is 0 Å². The highest BCUT2D eigenvalue weighted by molar-refractivity contribution is 5.71. The van der Waals surface area contributed by atoms with Gasteiger partial charge in [0.15, 0.2) is 5.82 Å². The van der Waals surface area contributed by atoms with Gasteiger partial charge in [0.2, 0.25) is 0 Å². The molecular weight excluding hydrogens is 284 g/mol. The second kappa shape index (κ2) is 8.02. The number of aromatic amines is 1. The lowest BCUT2D eigenvalue weighted by atomic mass is 10.3. The summed E-state index contributed by atoms with van der Waals surface area (Å²) in [5, 5.41) is 10.1. The average molecular weight is 304 g/mol. The number of H-pyrrole nitrogens is 1. The molecule has 22 heavy (non-hydrogen) atoms. The van der Waals surface area contributed by atoms with Crippen LogP contribution in [0.25, 0.3) is 0 Å². The fourth-order valence-electron chi connectivity index (χ4n) is 1.90. The summed E-state index contributed by atoms with van der Waals surface area (Å²) in [7, 11) is 1.64.